The molecule has 0 saturated carbocycles. The van der Waals surface area contributed by atoms with Gasteiger partial charge < -0.3 is 0 Å². The van der Waals surface area contributed by atoms with E-state index in [1.54, 1.807) is 0 Å². The Balaban J connectivity index is 3.06. The second kappa shape index (κ2) is 28.7. The van der Waals surface area contributed by atoms with E-state index in [1.165, 1.54) is 161 Å². The normalized spacial score (nSPS) is 11.7. The Hall–Kier alpha value is -0.260. The van der Waals surface area contributed by atoms with E-state index in [0.717, 1.165) is 6.42 Å². The molecule has 0 aliphatic carbocycles. The predicted molar refractivity (Wildman–Crippen MR) is 140 cm³/mol. The molecule has 0 nitrogen and oxygen atoms in total. The summed E-state index contributed by atoms with van der Waals surface area (Å²) in [5, 5.41) is 0. The number of rotatable bonds is 26. The quantitative estimate of drug-likeness (QED) is 0.0965. The minimum atomic E-state index is 1.12. The van der Waals surface area contributed by atoms with E-state index in [1.807, 2.05) is 0 Å². The Morgan fingerprint density at radius 1 is 0.367 bits per heavy atom. The number of hydrogen-bond donors (Lipinski definition) is 0. The van der Waals surface area contributed by atoms with Gasteiger partial charge >= 0.3 is 0 Å². The second-order valence-corrected chi connectivity index (χ2v) is 9.68. The predicted octanol–water partition coefficient (Wildman–Crippen LogP) is 11.5. The van der Waals surface area contributed by atoms with Gasteiger partial charge in [-0.2, -0.15) is 0 Å². The first-order valence-electron chi connectivity index (χ1n) is 14.4. The Labute approximate surface area is 193 Å². The molecule has 0 aliphatic rings. The zero-order valence-electron chi connectivity index (χ0n) is 21.2. The SMILES string of the molecule is [CH2]CCCCCCCCCCCCCCC=CCCCCCCCCCCCCC. The van der Waals surface area contributed by atoms with Crippen LogP contribution in [0.5, 0.6) is 0 Å². The molecule has 0 bridgehead atoms. The summed E-state index contributed by atoms with van der Waals surface area (Å²) >= 11 is 0. The van der Waals surface area contributed by atoms with Gasteiger partial charge in [0.15, 0.2) is 0 Å². The van der Waals surface area contributed by atoms with Crippen molar-refractivity contribution in [1.82, 2.24) is 0 Å². The van der Waals surface area contributed by atoms with E-state index in [2.05, 4.69) is 26.0 Å². The van der Waals surface area contributed by atoms with Crippen molar-refractivity contribution in [3.63, 3.8) is 0 Å². The third-order valence-electron chi connectivity index (χ3n) is 6.51. The number of hydrogen-bond acceptors (Lipinski definition) is 0. The molecule has 0 aromatic carbocycles. The molecule has 1 radical (unpaired) electrons. The fourth-order valence-corrected chi connectivity index (χ4v) is 4.37. The van der Waals surface area contributed by atoms with Gasteiger partial charge in [0.1, 0.15) is 0 Å². The third-order valence-corrected chi connectivity index (χ3v) is 6.51. The van der Waals surface area contributed by atoms with Crippen LogP contribution in [0.4, 0.5) is 0 Å². The van der Waals surface area contributed by atoms with Gasteiger partial charge in [0.25, 0.3) is 0 Å². The lowest BCUT2D eigenvalue weighted by Crippen LogP contribution is -1.83. The average Bonchev–Trinajstić information content (AvgIpc) is 2.76. The summed E-state index contributed by atoms with van der Waals surface area (Å²) in [5.41, 5.74) is 0. The molecule has 0 fully saturated rings. The molecule has 0 rings (SSSR count). The molecule has 0 aromatic heterocycles. The van der Waals surface area contributed by atoms with Crippen molar-refractivity contribution in [1.29, 1.82) is 0 Å². The van der Waals surface area contributed by atoms with E-state index in [9.17, 15) is 0 Å². The minimum Gasteiger partial charge on any atom is -0.0885 e. The zero-order valence-corrected chi connectivity index (χ0v) is 21.2. The molecule has 0 aromatic rings. The van der Waals surface area contributed by atoms with Gasteiger partial charge in [0, 0.05) is 0 Å². The van der Waals surface area contributed by atoms with Crippen LogP contribution in [0.3, 0.4) is 0 Å². The summed E-state index contributed by atoms with van der Waals surface area (Å²) in [4.78, 5) is 0. The molecule has 179 valence electrons. The molecule has 0 unspecified atom stereocenters. The molecule has 0 heterocycles. The molecule has 0 spiro atoms. The van der Waals surface area contributed by atoms with Crippen LogP contribution in [-0.2, 0) is 0 Å². The van der Waals surface area contributed by atoms with Gasteiger partial charge in [-0.05, 0) is 25.7 Å². The highest BCUT2D eigenvalue weighted by atomic mass is 14.0. The zero-order chi connectivity index (χ0) is 21.8. The Kier molecular flexibility index (Phi) is 28.5. The summed E-state index contributed by atoms with van der Waals surface area (Å²) in [6, 6.07) is 0. The molecular weight excluding hydrogens is 360 g/mol. The Morgan fingerprint density at radius 2 is 0.633 bits per heavy atom. The lowest BCUT2D eigenvalue weighted by atomic mass is 10.0. The third kappa shape index (κ3) is 27.7. The number of unbranched alkanes of at least 4 members (excludes halogenated alkanes) is 24. The van der Waals surface area contributed by atoms with Crippen molar-refractivity contribution in [3.05, 3.63) is 19.1 Å². The fraction of sp³-hybridized carbons (Fsp3) is 0.900. The summed E-state index contributed by atoms with van der Waals surface area (Å²) in [6.45, 7) is 6.21. The summed E-state index contributed by atoms with van der Waals surface area (Å²) in [5.74, 6) is 0. The molecule has 0 saturated heterocycles. The Bertz CT molecular complexity index is 303. The first kappa shape index (κ1) is 29.7. The maximum Gasteiger partial charge on any atom is -0.0351 e. The van der Waals surface area contributed by atoms with Crippen LogP contribution < -0.4 is 0 Å². The van der Waals surface area contributed by atoms with E-state index >= 15 is 0 Å². The van der Waals surface area contributed by atoms with Gasteiger partial charge in [-0.1, -0.05) is 167 Å². The standard InChI is InChI=1S/C30H59/c1-3-5-7-9-11-13-15-17-19-21-23-25-27-29-30-28-26-24-22-20-18-16-14-12-10-8-6-4-2/h28,30H,1,3-27,29H2,2H3. The molecular formula is C30H59. The maximum absolute atomic E-state index is 3.91. The van der Waals surface area contributed by atoms with Crippen LogP contribution >= 0.6 is 0 Å². The van der Waals surface area contributed by atoms with Crippen LogP contribution in [0.25, 0.3) is 0 Å². The monoisotopic (exact) mass is 419 g/mol. The largest absolute Gasteiger partial charge is 0.0885 e. The highest BCUT2D eigenvalue weighted by Crippen LogP contribution is 2.14. The van der Waals surface area contributed by atoms with E-state index < -0.39 is 0 Å². The van der Waals surface area contributed by atoms with Crippen LogP contribution in [-0.4, -0.2) is 0 Å². The van der Waals surface area contributed by atoms with Crippen molar-refractivity contribution in [2.24, 2.45) is 0 Å². The van der Waals surface area contributed by atoms with Crippen LogP contribution in [0.1, 0.15) is 174 Å². The van der Waals surface area contributed by atoms with Gasteiger partial charge in [0.2, 0.25) is 0 Å². The fourth-order valence-electron chi connectivity index (χ4n) is 4.37. The number of allylic oxidation sites excluding steroid dienone is 2. The molecule has 0 aliphatic heterocycles. The van der Waals surface area contributed by atoms with Crippen LogP contribution in [0.2, 0.25) is 0 Å². The molecule has 0 atom stereocenters. The van der Waals surface area contributed by atoms with Gasteiger partial charge in [0.05, 0.1) is 0 Å². The highest BCUT2D eigenvalue weighted by molar-refractivity contribution is 4.81. The maximum atomic E-state index is 3.91. The van der Waals surface area contributed by atoms with Gasteiger partial charge in [-0.3, -0.25) is 0 Å². The first-order valence-corrected chi connectivity index (χ1v) is 14.4. The van der Waals surface area contributed by atoms with E-state index in [-0.39, 0.29) is 0 Å². The van der Waals surface area contributed by atoms with Gasteiger partial charge in [-0.25, -0.2) is 0 Å². The van der Waals surface area contributed by atoms with E-state index in [4.69, 9.17) is 0 Å². The first-order chi connectivity index (χ1) is 14.9. The summed E-state index contributed by atoms with van der Waals surface area (Å²) in [7, 11) is 0. The topological polar surface area (TPSA) is 0 Å². The van der Waals surface area contributed by atoms with Crippen molar-refractivity contribution in [3.8, 4) is 0 Å². The smallest absolute Gasteiger partial charge is 0.0351 e. The molecule has 30 heavy (non-hydrogen) atoms. The minimum absolute atomic E-state index is 1.12. The van der Waals surface area contributed by atoms with E-state index in [0.29, 0.717) is 0 Å². The summed E-state index contributed by atoms with van der Waals surface area (Å²) < 4.78 is 0. The molecule has 0 amide bonds. The van der Waals surface area contributed by atoms with Crippen molar-refractivity contribution in [2.75, 3.05) is 0 Å². The highest BCUT2D eigenvalue weighted by Gasteiger charge is 1.94. The van der Waals surface area contributed by atoms with Gasteiger partial charge in [-0.15, -0.1) is 0 Å². The molecule has 0 heteroatoms. The Morgan fingerprint density at radius 3 is 0.933 bits per heavy atom. The summed E-state index contributed by atoms with van der Waals surface area (Å²) in [6.07, 6.45) is 41.8. The van der Waals surface area contributed by atoms with Crippen LogP contribution in [0.15, 0.2) is 12.2 Å². The van der Waals surface area contributed by atoms with Crippen molar-refractivity contribution in [2.45, 2.75) is 174 Å². The average molecular weight is 420 g/mol. The second-order valence-electron chi connectivity index (χ2n) is 9.68. The van der Waals surface area contributed by atoms with Crippen molar-refractivity contribution < 1.29 is 0 Å². The molecule has 0 N–H and O–H groups in total. The lowest BCUT2D eigenvalue weighted by molar-refractivity contribution is 0.542. The van der Waals surface area contributed by atoms with Crippen LogP contribution in [0, 0.1) is 6.92 Å². The van der Waals surface area contributed by atoms with Crippen molar-refractivity contribution >= 4 is 0 Å². The lowest BCUT2D eigenvalue weighted by Gasteiger charge is -2.02.